The number of benzene rings is 2. The summed E-state index contributed by atoms with van der Waals surface area (Å²) < 4.78 is 29.2. The van der Waals surface area contributed by atoms with Crippen molar-refractivity contribution in [2.24, 2.45) is 0 Å². The molecule has 0 amide bonds. The lowest BCUT2D eigenvalue weighted by Crippen LogP contribution is -2.03. The fourth-order valence-corrected chi connectivity index (χ4v) is 2.85. The maximum atomic E-state index is 12.4. The second-order valence-electron chi connectivity index (χ2n) is 4.33. The molecule has 0 saturated carbocycles. The van der Waals surface area contributed by atoms with Gasteiger partial charge in [0.05, 0.1) is 11.0 Å². The summed E-state index contributed by atoms with van der Waals surface area (Å²) in [5.74, 6) is 0.707. The summed E-state index contributed by atoms with van der Waals surface area (Å²) in [4.78, 5) is 7.63. The van der Waals surface area contributed by atoms with Gasteiger partial charge >= 0.3 is 6.61 Å². The maximum absolute atomic E-state index is 12.4. The minimum atomic E-state index is -2.82. The van der Waals surface area contributed by atoms with Gasteiger partial charge in [0, 0.05) is 11.3 Å². The van der Waals surface area contributed by atoms with Crippen molar-refractivity contribution in [3.63, 3.8) is 0 Å². The smallest absolute Gasteiger partial charge is 0.387 e. The van der Waals surface area contributed by atoms with E-state index in [4.69, 9.17) is 0 Å². The summed E-state index contributed by atoms with van der Waals surface area (Å²) in [6.45, 7) is -2.82. The van der Waals surface area contributed by atoms with Gasteiger partial charge < -0.3 is 9.72 Å². The summed E-state index contributed by atoms with van der Waals surface area (Å²) >= 11 is 1.45. The van der Waals surface area contributed by atoms with Gasteiger partial charge in [0.1, 0.15) is 5.75 Å². The Labute approximate surface area is 124 Å². The number of nitrogens with zero attached hydrogens (tertiary/aromatic N) is 1. The van der Waals surface area contributed by atoms with Gasteiger partial charge in [-0.05, 0) is 18.2 Å². The summed E-state index contributed by atoms with van der Waals surface area (Å²) in [6.07, 6.45) is 0. The van der Waals surface area contributed by atoms with E-state index in [1.54, 1.807) is 24.3 Å². The minimum absolute atomic E-state index is 0.205. The molecule has 0 fully saturated rings. The van der Waals surface area contributed by atoms with E-state index in [0.29, 0.717) is 11.3 Å². The van der Waals surface area contributed by atoms with E-state index in [1.807, 2.05) is 24.3 Å². The first-order chi connectivity index (χ1) is 10.2. The summed E-state index contributed by atoms with van der Waals surface area (Å²) in [6, 6.07) is 14.5. The van der Waals surface area contributed by atoms with Crippen LogP contribution < -0.4 is 4.74 Å². The van der Waals surface area contributed by atoms with Crippen molar-refractivity contribution in [1.82, 2.24) is 9.97 Å². The Morgan fingerprint density at radius 2 is 1.86 bits per heavy atom. The van der Waals surface area contributed by atoms with Crippen molar-refractivity contribution in [2.75, 3.05) is 0 Å². The molecule has 1 N–H and O–H groups in total. The number of hydrogen-bond acceptors (Lipinski definition) is 3. The predicted octanol–water partition coefficient (Wildman–Crippen LogP) is 4.46. The first-order valence-electron chi connectivity index (χ1n) is 6.32. The number of para-hydroxylation sites is 3. The third-order valence-corrected chi connectivity index (χ3v) is 3.84. The molecular weight excluding hydrogens is 294 g/mol. The monoisotopic (exact) mass is 306 g/mol. The molecule has 6 heteroatoms. The Kier molecular flexibility index (Phi) is 4.06. The zero-order chi connectivity index (χ0) is 14.7. The molecule has 0 aliphatic carbocycles. The van der Waals surface area contributed by atoms with Crippen LogP contribution in [-0.4, -0.2) is 16.6 Å². The van der Waals surface area contributed by atoms with E-state index in [0.717, 1.165) is 16.2 Å². The molecule has 1 heterocycles. The lowest BCUT2D eigenvalue weighted by Gasteiger charge is -2.09. The van der Waals surface area contributed by atoms with Crippen molar-refractivity contribution in [3.8, 4) is 5.75 Å². The van der Waals surface area contributed by atoms with Crippen LogP contribution in [-0.2, 0) is 5.75 Å². The van der Waals surface area contributed by atoms with Crippen molar-refractivity contribution in [2.45, 2.75) is 17.5 Å². The molecule has 3 nitrogen and oxygen atoms in total. The van der Waals surface area contributed by atoms with Crippen molar-refractivity contribution >= 4 is 22.8 Å². The van der Waals surface area contributed by atoms with E-state index in [9.17, 15) is 8.78 Å². The highest BCUT2D eigenvalue weighted by Gasteiger charge is 2.10. The van der Waals surface area contributed by atoms with Gasteiger partial charge in [-0.25, -0.2) is 4.98 Å². The zero-order valence-corrected chi connectivity index (χ0v) is 11.7. The molecule has 0 aliphatic heterocycles. The van der Waals surface area contributed by atoms with Gasteiger partial charge in [0.25, 0.3) is 0 Å². The maximum Gasteiger partial charge on any atom is 0.387 e. The second kappa shape index (κ2) is 6.13. The molecule has 0 saturated heterocycles. The van der Waals surface area contributed by atoms with Crippen molar-refractivity contribution < 1.29 is 13.5 Å². The molecule has 1 aromatic heterocycles. The van der Waals surface area contributed by atoms with E-state index in [-0.39, 0.29) is 5.75 Å². The fraction of sp³-hybridized carbons (Fsp3) is 0.133. The van der Waals surface area contributed by atoms with Gasteiger partial charge in [-0.3, -0.25) is 0 Å². The third-order valence-electron chi connectivity index (χ3n) is 2.92. The van der Waals surface area contributed by atoms with Gasteiger partial charge in [0.2, 0.25) is 0 Å². The van der Waals surface area contributed by atoms with Crippen molar-refractivity contribution in [1.29, 1.82) is 0 Å². The number of nitrogens with one attached hydrogen (secondary N) is 1. The quantitative estimate of drug-likeness (QED) is 0.707. The van der Waals surface area contributed by atoms with Crippen LogP contribution in [0.4, 0.5) is 8.78 Å². The van der Waals surface area contributed by atoms with E-state index in [1.165, 1.54) is 11.8 Å². The SMILES string of the molecule is FC(F)Oc1ccccc1CSc1nc2ccccc2[nH]1. The number of ether oxygens (including phenoxy) is 1. The number of aromatic amines is 1. The number of hydrogen-bond donors (Lipinski definition) is 1. The number of imidazole rings is 1. The molecule has 0 spiro atoms. The highest BCUT2D eigenvalue weighted by atomic mass is 32.2. The Hall–Kier alpha value is -2.08. The Morgan fingerprint density at radius 1 is 1.10 bits per heavy atom. The number of halogens is 2. The Balaban J connectivity index is 1.75. The molecule has 0 unspecified atom stereocenters. The number of fused-ring (bicyclic) bond motifs is 1. The predicted molar refractivity (Wildman–Crippen MR) is 78.7 cm³/mol. The molecule has 3 rings (SSSR count). The number of thioether (sulfide) groups is 1. The zero-order valence-electron chi connectivity index (χ0n) is 10.9. The van der Waals surface area contributed by atoms with Crippen LogP contribution >= 0.6 is 11.8 Å². The summed E-state index contributed by atoms with van der Waals surface area (Å²) in [5, 5.41) is 0.753. The van der Waals surface area contributed by atoms with E-state index >= 15 is 0 Å². The number of H-pyrrole nitrogens is 1. The average molecular weight is 306 g/mol. The van der Waals surface area contributed by atoms with Crippen LogP contribution in [0.2, 0.25) is 0 Å². The van der Waals surface area contributed by atoms with Crippen LogP contribution in [0.5, 0.6) is 5.75 Å². The molecule has 0 bridgehead atoms. The van der Waals surface area contributed by atoms with Crippen LogP contribution in [0.1, 0.15) is 5.56 Å². The van der Waals surface area contributed by atoms with Gasteiger partial charge in [-0.1, -0.05) is 42.1 Å². The van der Waals surface area contributed by atoms with Crippen LogP contribution in [0.15, 0.2) is 53.7 Å². The van der Waals surface area contributed by atoms with E-state index in [2.05, 4.69) is 14.7 Å². The molecule has 0 radical (unpaired) electrons. The largest absolute Gasteiger partial charge is 0.435 e. The second-order valence-corrected chi connectivity index (χ2v) is 5.30. The highest BCUT2D eigenvalue weighted by Crippen LogP contribution is 2.28. The number of aromatic nitrogens is 2. The molecule has 108 valence electrons. The van der Waals surface area contributed by atoms with Gasteiger partial charge in [0.15, 0.2) is 5.16 Å². The molecule has 0 atom stereocenters. The molecule has 2 aromatic carbocycles. The Bertz CT molecular complexity index is 712. The van der Waals surface area contributed by atoms with E-state index < -0.39 is 6.61 Å². The van der Waals surface area contributed by atoms with Gasteiger partial charge in [-0.15, -0.1) is 0 Å². The van der Waals surface area contributed by atoms with Crippen LogP contribution in [0.25, 0.3) is 11.0 Å². The first-order valence-corrected chi connectivity index (χ1v) is 7.31. The first kappa shape index (κ1) is 13.9. The van der Waals surface area contributed by atoms with Crippen LogP contribution in [0.3, 0.4) is 0 Å². The number of rotatable bonds is 5. The summed E-state index contributed by atoms with van der Waals surface area (Å²) in [7, 11) is 0. The van der Waals surface area contributed by atoms with Gasteiger partial charge in [-0.2, -0.15) is 8.78 Å². The third kappa shape index (κ3) is 3.33. The fourth-order valence-electron chi connectivity index (χ4n) is 1.98. The Morgan fingerprint density at radius 3 is 2.67 bits per heavy atom. The molecule has 0 aliphatic rings. The lowest BCUT2D eigenvalue weighted by molar-refractivity contribution is -0.0503. The minimum Gasteiger partial charge on any atom is -0.435 e. The van der Waals surface area contributed by atoms with Crippen LogP contribution in [0, 0.1) is 0 Å². The summed E-state index contributed by atoms with van der Waals surface area (Å²) in [5.41, 5.74) is 2.55. The molecular formula is C15H12F2N2OS. The standard InChI is InChI=1S/C15H12F2N2OS/c16-14(17)20-13-8-4-1-5-10(13)9-21-15-18-11-6-2-3-7-12(11)19-15/h1-8,14H,9H2,(H,18,19). The lowest BCUT2D eigenvalue weighted by atomic mass is 10.2. The topological polar surface area (TPSA) is 37.9 Å². The van der Waals surface area contributed by atoms with Crippen molar-refractivity contribution in [3.05, 3.63) is 54.1 Å². The average Bonchev–Trinajstić information content (AvgIpc) is 2.88. The normalized spacial score (nSPS) is 11.2. The number of alkyl halides is 2. The molecule has 3 aromatic rings. The highest BCUT2D eigenvalue weighted by molar-refractivity contribution is 7.98. The molecule has 21 heavy (non-hydrogen) atoms.